The van der Waals surface area contributed by atoms with E-state index in [1.165, 1.54) is 20.3 Å². The van der Waals surface area contributed by atoms with Crippen LogP contribution < -0.4 is 20.1 Å². The lowest BCUT2D eigenvalue weighted by Gasteiger charge is -2.10. The lowest BCUT2D eigenvalue weighted by Crippen LogP contribution is -2.22. The second kappa shape index (κ2) is 7.62. The van der Waals surface area contributed by atoms with Gasteiger partial charge in [0.15, 0.2) is 17.1 Å². The van der Waals surface area contributed by atoms with E-state index in [4.69, 9.17) is 9.47 Å². The molecule has 11 heteroatoms. The number of hydrogen-bond acceptors (Lipinski definition) is 6. The van der Waals surface area contributed by atoms with Gasteiger partial charge in [-0.15, -0.1) is 5.10 Å². The van der Waals surface area contributed by atoms with Crippen molar-refractivity contribution < 1.29 is 27.4 Å². The molecule has 1 aromatic carbocycles. The minimum atomic E-state index is -4.48. The molecule has 3 rings (SSSR count). The largest absolute Gasteiger partial charge is 0.493 e. The van der Waals surface area contributed by atoms with Crippen molar-refractivity contribution in [2.75, 3.05) is 31.4 Å². The maximum atomic E-state index is 12.7. The van der Waals surface area contributed by atoms with Gasteiger partial charge in [-0.2, -0.15) is 18.2 Å². The summed E-state index contributed by atoms with van der Waals surface area (Å²) in [5, 5.41) is 9.22. The Labute approximate surface area is 157 Å². The van der Waals surface area contributed by atoms with Crippen molar-refractivity contribution in [1.82, 2.24) is 14.6 Å². The summed E-state index contributed by atoms with van der Waals surface area (Å²) in [5.74, 6) is 0.602. The molecule has 0 aliphatic carbocycles. The van der Waals surface area contributed by atoms with Crippen molar-refractivity contribution in [2.45, 2.75) is 6.18 Å². The minimum Gasteiger partial charge on any atom is -0.493 e. The van der Waals surface area contributed by atoms with Gasteiger partial charge in [0.2, 0.25) is 11.9 Å². The first kappa shape index (κ1) is 19.3. The first-order chi connectivity index (χ1) is 13.3. The molecule has 0 aliphatic rings. The predicted octanol–water partition coefficient (Wildman–Crippen LogP) is 2.82. The Balaban J connectivity index is 1.64. The summed E-state index contributed by atoms with van der Waals surface area (Å²) in [6.07, 6.45) is -3.65. The molecule has 2 heterocycles. The number of carbonyl (C=O) groups excluding carboxylic acids is 1. The number of hydrogen-bond donors (Lipinski definition) is 2. The topological polar surface area (TPSA) is 89.8 Å². The van der Waals surface area contributed by atoms with Crippen molar-refractivity contribution in [3.63, 3.8) is 0 Å². The SMILES string of the molecule is COc1ccc(NC(=O)CNc2nc3ccc(C(F)(F)F)cn3n2)cc1OC. The molecule has 0 atom stereocenters. The number of fused-ring (bicyclic) bond motifs is 1. The Morgan fingerprint density at radius 1 is 1.14 bits per heavy atom. The molecular formula is C17H16F3N5O3. The maximum absolute atomic E-state index is 12.7. The number of benzene rings is 1. The van der Waals surface area contributed by atoms with E-state index in [2.05, 4.69) is 20.7 Å². The quantitative estimate of drug-likeness (QED) is 0.667. The molecule has 0 fully saturated rings. The predicted molar refractivity (Wildman–Crippen MR) is 94.7 cm³/mol. The summed E-state index contributed by atoms with van der Waals surface area (Å²) in [7, 11) is 2.98. The van der Waals surface area contributed by atoms with Crippen LogP contribution in [-0.2, 0) is 11.0 Å². The average Bonchev–Trinajstić information content (AvgIpc) is 3.07. The van der Waals surface area contributed by atoms with Gasteiger partial charge >= 0.3 is 6.18 Å². The second-order valence-electron chi connectivity index (χ2n) is 5.63. The molecule has 0 aliphatic heterocycles. The van der Waals surface area contributed by atoms with E-state index in [1.54, 1.807) is 18.2 Å². The number of nitrogens with one attached hydrogen (secondary N) is 2. The van der Waals surface area contributed by atoms with Gasteiger partial charge in [-0.1, -0.05) is 0 Å². The first-order valence-electron chi connectivity index (χ1n) is 7.99. The highest BCUT2D eigenvalue weighted by Crippen LogP contribution is 2.30. The van der Waals surface area contributed by atoms with E-state index in [1.807, 2.05) is 0 Å². The summed E-state index contributed by atoms with van der Waals surface area (Å²) >= 11 is 0. The maximum Gasteiger partial charge on any atom is 0.417 e. The van der Waals surface area contributed by atoms with Gasteiger partial charge in [-0.25, -0.2) is 4.52 Å². The van der Waals surface area contributed by atoms with Gasteiger partial charge in [0.25, 0.3) is 0 Å². The molecular weight excluding hydrogens is 379 g/mol. The fraction of sp³-hybridized carbons (Fsp3) is 0.235. The molecule has 1 amide bonds. The van der Waals surface area contributed by atoms with E-state index in [0.29, 0.717) is 17.2 Å². The van der Waals surface area contributed by atoms with Crippen LogP contribution in [0.1, 0.15) is 5.56 Å². The lowest BCUT2D eigenvalue weighted by molar-refractivity contribution is -0.137. The molecule has 3 aromatic rings. The molecule has 0 bridgehead atoms. The highest BCUT2D eigenvalue weighted by Gasteiger charge is 2.31. The zero-order valence-corrected chi connectivity index (χ0v) is 14.9. The third-order valence-electron chi connectivity index (χ3n) is 3.73. The highest BCUT2D eigenvalue weighted by atomic mass is 19.4. The Morgan fingerprint density at radius 3 is 2.57 bits per heavy atom. The third-order valence-corrected chi connectivity index (χ3v) is 3.73. The molecule has 2 aromatic heterocycles. The molecule has 0 unspecified atom stereocenters. The number of amides is 1. The zero-order chi connectivity index (χ0) is 20.3. The summed E-state index contributed by atoms with van der Waals surface area (Å²) in [5.41, 5.74) is -0.138. The van der Waals surface area contributed by atoms with Crippen molar-refractivity contribution in [1.29, 1.82) is 0 Å². The van der Waals surface area contributed by atoms with Crippen molar-refractivity contribution in [3.05, 3.63) is 42.1 Å². The summed E-state index contributed by atoms with van der Waals surface area (Å²) in [6.45, 7) is -0.183. The Bertz CT molecular complexity index is 1000. The van der Waals surface area contributed by atoms with Crippen molar-refractivity contribution in [3.8, 4) is 11.5 Å². The van der Waals surface area contributed by atoms with Gasteiger partial charge in [-0.3, -0.25) is 4.79 Å². The summed E-state index contributed by atoms with van der Waals surface area (Å²) in [6, 6.07) is 6.99. The fourth-order valence-corrected chi connectivity index (χ4v) is 2.40. The van der Waals surface area contributed by atoms with Crippen LogP contribution in [0.3, 0.4) is 0 Å². The molecule has 0 saturated heterocycles. The zero-order valence-electron chi connectivity index (χ0n) is 14.9. The Hall–Kier alpha value is -3.50. The van der Waals surface area contributed by atoms with Gasteiger partial charge in [0.1, 0.15) is 0 Å². The highest BCUT2D eigenvalue weighted by molar-refractivity contribution is 5.93. The Morgan fingerprint density at radius 2 is 1.89 bits per heavy atom. The van der Waals surface area contributed by atoms with E-state index in [0.717, 1.165) is 16.8 Å². The van der Waals surface area contributed by atoms with Crippen molar-refractivity contribution >= 4 is 23.2 Å². The molecule has 2 N–H and O–H groups in total. The second-order valence-corrected chi connectivity index (χ2v) is 5.63. The lowest BCUT2D eigenvalue weighted by atomic mass is 10.2. The number of carbonyl (C=O) groups is 1. The molecule has 8 nitrogen and oxygen atoms in total. The summed E-state index contributed by atoms with van der Waals surface area (Å²) < 4.78 is 49.5. The van der Waals surface area contributed by atoms with Crippen molar-refractivity contribution in [2.24, 2.45) is 0 Å². The summed E-state index contributed by atoms with van der Waals surface area (Å²) in [4.78, 5) is 16.1. The third kappa shape index (κ3) is 4.24. The monoisotopic (exact) mass is 395 g/mol. The van der Waals surface area contributed by atoms with Crippen LogP contribution in [0.25, 0.3) is 5.65 Å². The Kier molecular flexibility index (Phi) is 5.25. The van der Waals surface area contributed by atoms with E-state index in [9.17, 15) is 18.0 Å². The normalized spacial score (nSPS) is 11.3. The van der Waals surface area contributed by atoms with Crippen LogP contribution in [0, 0.1) is 0 Å². The van der Waals surface area contributed by atoms with Crippen LogP contribution in [0.5, 0.6) is 11.5 Å². The van der Waals surface area contributed by atoms with Crippen LogP contribution in [0.2, 0.25) is 0 Å². The number of ether oxygens (including phenoxy) is 2. The van der Waals surface area contributed by atoms with E-state index in [-0.39, 0.29) is 18.1 Å². The molecule has 148 valence electrons. The van der Waals surface area contributed by atoms with Crippen LogP contribution in [0.4, 0.5) is 24.8 Å². The minimum absolute atomic E-state index is 0.0294. The standard InChI is InChI=1S/C17H16F3N5O3/c1-27-12-5-4-11(7-13(12)28-2)22-15(26)8-21-16-23-14-6-3-10(17(18,19)20)9-25(14)24-16/h3-7,9H,8H2,1-2H3,(H,21,24)(H,22,26). The average molecular weight is 395 g/mol. The number of halogens is 3. The molecule has 0 spiro atoms. The van der Waals surface area contributed by atoms with Crippen LogP contribution in [-0.4, -0.2) is 41.3 Å². The molecule has 0 saturated carbocycles. The number of aromatic nitrogens is 3. The van der Waals surface area contributed by atoms with Gasteiger partial charge in [-0.05, 0) is 24.3 Å². The van der Waals surface area contributed by atoms with E-state index < -0.39 is 17.6 Å². The number of alkyl halides is 3. The van der Waals surface area contributed by atoms with Gasteiger partial charge < -0.3 is 20.1 Å². The number of methoxy groups -OCH3 is 2. The van der Waals surface area contributed by atoms with Crippen LogP contribution in [0.15, 0.2) is 36.5 Å². The number of pyridine rings is 1. The van der Waals surface area contributed by atoms with E-state index >= 15 is 0 Å². The van der Waals surface area contributed by atoms with Gasteiger partial charge in [0, 0.05) is 18.0 Å². The first-order valence-corrected chi connectivity index (χ1v) is 7.99. The number of rotatable bonds is 6. The number of anilines is 2. The smallest absolute Gasteiger partial charge is 0.417 e. The van der Waals surface area contributed by atoms with Crippen LogP contribution >= 0.6 is 0 Å². The number of nitrogens with zero attached hydrogens (tertiary/aromatic N) is 3. The molecule has 28 heavy (non-hydrogen) atoms. The van der Waals surface area contributed by atoms with Gasteiger partial charge in [0.05, 0.1) is 26.3 Å². The fourth-order valence-electron chi connectivity index (χ4n) is 2.40. The molecule has 0 radical (unpaired) electrons.